The van der Waals surface area contributed by atoms with Gasteiger partial charge in [-0.1, -0.05) is 11.6 Å². The summed E-state index contributed by atoms with van der Waals surface area (Å²) in [5.41, 5.74) is 1.27. The second-order valence-electron chi connectivity index (χ2n) is 7.56. The number of carbonyl (C=O) groups is 2. The van der Waals surface area contributed by atoms with Crippen molar-refractivity contribution in [1.82, 2.24) is 24.7 Å². The van der Waals surface area contributed by atoms with E-state index in [0.29, 0.717) is 12.1 Å². The van der Waals surface area contributed by atoms with Gasteiger partial charge in [0.2, 0.25) is 0 Å². The number of halogens is 4. The topological polar surface area (TPSA) is 69.9 Å². The highest BCUT2D eigenvalue weighted by Gasteiger charge is 2.38. The third kappa shape index (κ3) is 3.50. The normalized spacial score (nSPS) is 18.0. The molecule has 7 nitrogen and oxygen atoms in total. The van der Waals surface area contributed by atoms with Crippen molar-refractivity contribution < 1.29 is 22.8 Å². The van der Waals surface area contributed by atoms with E-state index in [-0.39, 0.29) is 29.4 Å². The van der Waals surface area contributed by atoms with Crippen molar-refractivity contribution in [2.75, 3.05) is 13.1 Å². The van der Waals surface area contributed by atoms with E-state index in [0.717, 1.165) is 28.3 Å². The standard InChI is InChI=1S/C18H19ClF3N5O2/c1-9(2)25-5-6-27(24-17(25)29)16(28)13-14(19)26-8-11(10-3-4-10)7-12(15(26)23-13)18(20,21)22/h7-10H,3-6H2,1-2H3,(H,24,29). The number of rotatable bonds is 3. The fourth-order valence-corrected chi connectivity index (χ4v) is 3.69. The molecule has 2 aromatic heterocycles. The lowest BCUT2D eigenvalue weighted by Crippen LogP contribution is -2.60. The van der Waals surface area contributed by atoms with E-state index in [4.69, 9.17) is 11.6 Å². The second kappa shape index (κ2) is 6.79. The molecule has 0 radical (unpaired) electrons. The number of amides is 3. The maximum absolute atomic E-state index is 13.6. The van der Waals surface area contributed by atoms with Crippen LogP contribution < -0.4 is 5.43 Å². The largest absolute Gasteiger partial charge is 0.419 e. The summed E-state index contributed by atoms with van der Waals surface area (Å²) in [6.07, 6.45) is -1.51. The van der Waals surface area contributed by atoms with Crippen LogP contribution in [-0.4, -0.2) is 50.4 Å². The van der Waals surface area contributed by atoms with Crippen molar-refractivity contribution >= 4 is 29.2 Å². The molecule has 0 unspecified atom stereocenters. The van der Waals surface area contributed by atoms with Crippen LogP contribution in [0.4, 0.5) is 18.0 Å². The van der Waals surface area contributed by atoms with Crippen LogP contribution in [0.15, 0.2) is 12.3 Å². The van der Waals surface area contributed by atoms with E-state index in [1.807, 2.05) is 13.8 Å². The third-order valence-corrected chi connectivity index (χ3v) is 5.53. The highest BCUT2D eigenvalue weighted by molar-refractivity contribution is 6.33. The number of aromatic nitrogens is 2. The van der Waals surface area contributed by atoms with Crippen molar-refractivity contribution in [3.8, 4) is 0 Å². The monoisotopic (exact) mass is 429 g/mol. The maximum Gasteiger partial charge on any atom is 0.419 e. The fraction of sp³-hybridized carbons (Fsp3) is 0.500. The van der Waals surface area contributed by atoms with E-state index in [2.05, 4.69) is 10.4 Å². The van der Waals surface area contributed by atoms with Gasteiger partial charge in [-0.05, 0) is 44.2 Å². The van der Waals surface area contributed by atoms with Crippen molar-refractivity contribution in [3.05, 3.63) is 34.2 Å². The van der Waals surface area contributed by atoms with Crippen LogP contribution in [0.2, 0.25) is 5.15 Å². The van der Waals surface area contributed by atoms with Crippen LogP contribution in [0.5, 0.6) is 0 Å². The molecule has 11 heteroatoms. The number of hydrazine groups is 1. The van der Waals surface area contributed by atoms with Gasteiger partial charge < -0.3 is 4.90 Å². The Kier molecular flexibility index (Phi) is 4.64. The summed E-state index contributed by atoms with van der Waals surface area (Å²) in [5, 5.41) is 0.822. The Morgan fingerprint density at radius 1 is 1.31 bits per heavy atom. The average Bonchev–Trinajstić information content (AvgIpc) is 3.44. The molecule has 1 aliphatic carbocycles. The Hall–Kier alpha value is -2.49. The molecular weight excluding hydrogens is 411 g/mol. The molecule has 1 N–H and O–H groups in total. The molecule has 0 spiro atoms. The number of hydrogen-bond donors (Lipinski definition) is 1. The van der Waals surface area contributed by atoms with Crippen molar-refractivity contribution in [2.45, 2.75) is 44.8 Å². The highest BCUT2D eigenvalue weighted by atomic mass is 35.5. The predicted octanol–water partition coefficient (Wildman–Crippen LogP) is 3.67. The van der Waals surface area contributed by atoms with Gasteiger partial charge in [-0.25, -0.2) is 20.2 Å². The van der Waals surface area contributed by atoms with Gasteiger partial charge in [-0.15, -0.1) is 0 Å². The van der Waals surface area contributed by atoms with Crippen LogP contribution in [0.25, 0.3) is 5.65 Å². The predicted molar refractivity (Wildman–Crippen MR) is 98.6 cm³/mol. The highest BCUT2D eigenvalue weighted by Crippen LogP contribution is 2.43. The Morgan fingerprint density at radius 3 is 2.55 bits per heavy atom. The first-order valence-corrected chi connectivity index (χ1v) is 9.63. The lowest BCUT2D eigenvalue weighted by Gasteiger charge is -2.36. The summed E-state index contributed by atoms with van der Waals surface area (Å²) in [4.78, 5) is 30.5. The Labute approximate surface area is 169 Å². The number of nitrogens with zero attached hydrogens (tertiary/aromatic N) is 4. The summed E-state index contributed by atoms with van der Waals surface area (Å²) in [5.74, 6) is -0.696. The van der Waals surface area contributed by atoms with Gasteiger partial charge in [-0.2, -0.15) is 13.2 Å². The lowest BCUT2D eigenvalue weighted by molar-refractivity contribution is -0.136. The molecule has 2 aliphatic rings. The Bertz CT molecular complexity index is 1000. The Balaban J connectivity index is 1.72. The maximum atomic E-state index is 13.6. The van der Waals surface area contributed by atoms with E-state index < -0.39 is 29.3 Å². The number of nitrogens with one attached hydrogen (secondary N) is 1. The summed E-state index contributed by atoms with van der Waals surface area (Å²) in [6.45, 7) is 4.13. The van der Waals surface area contributed by atoms with Gasteiger partial charge >= 0.3 is 12.2 Å². The van der Waals surface area contributed by atoms with Crippen LogP contribution >= 0.6 is 11.6 Å². The van der Waals surface area contributed by atoms with E-state index in [1.165, 1.54) is 6.20 Å². The van der Waals surface area contributed by atoms with Crippen LogP contribution in [0.3, 0.4) is 0 Å². The van der Waals surface area contributed by atoms with Gasteiger partial charge in [0.1, 0.15) is 5.15 Å². The zero-order chi connectivity index (χ0) is 21.1. The molecule has 1 saturated carbocycles. The summed E-state index contributed by atoms with van der Waals surface area (Å²) in [6, 6.07) is 0.557. The minimum Gasteiger partial charge on any atom is -0.319 e. The zero-order valence-electron chi connectivity index (χ0n) is 15.8. The first-order valence-electron chi connectivity index (χ1n) is 9.25. The fourth-order valence-electron chi connectivity index (χ4n) is 3.44. The van der Waals surface area contributed by atoms with Gasteiger partial charge in [0.15, 0.2) is 11.3 Å². The zero-order valence-corrected chi connectivity index (χ0v) is 16.5. The van der Waals surface area contributed by atoms with E-state index in [1.54, 1.807) is 4.90 Å². The lowest BCUT2D eigenvalue weighted by atomic mass is 10.1. The smallest absolute Gasteiger partial charge is 0.319 e. The molecule has 0 bridgehead atoms. The first-order chi connectivity index (χ1) is 13.6. The average molecular weight is 430 g/mol. The molecule has 1 aliphatic heterocycles. The summed E-state index contributed by atoms with van der Waals surface area (Å²) in [7, 11) is 0. The summed E-state index contributed by atoms with van der Waals surface area (Å²) < 4.78 is 41.9. The number of imidazole rings is 1. The van der Waals surface area contributed by atoms with Crippen LogP contribution in [0.1, 0.15) is 54.2 Å². The van der Waals surface area contributed by atoms with Gasteiger partial charge in [0.05, 0.1) is 12.1 Å². The first kappa shape index (κ1) is 19.8. The van der Waals surface area contributed by atoms with Crippen LogP contribution in [0, 0.1) is 0 Å². The van der Waals surface area contributed by atoms with Crippen molar-refractivity contribution in [1.29, 1.82) is 0 Å². The van der Waals surface area contributed by atoms with E-state index in [9.17, 15) is 22.8 Å². The third-order valence-electron chi connectivity index (χ3n) is 5.16. The number of fused-ring (bicyclic) bond motifs is 1. The molecule has 3 amide bonds. The molecule has 0 aromatic carbocycles. The SMILES string of the molecule is CC(C)N1CCN(C(=O)c2nc3c(C(F)(F)F)cc(C4CC4)cn3c2Cl)NC1=O. The van der Waals surface area contributed by atoms with Gasteiger partial charge in [0.25, 0.3) is 5.91 Å². The second-order valence-corrected chi connectivity index (χ2v) is 7.92. The van der Waals surface area contributed by atoms with E-state index >= 15 is 0 Å². The van der Waals surface area contributed by atoms with Crippen molar-refractivity contribution in [3.63, 3.8) is 0 Å². The van der Waals surface area contributed by atoms with Crippen molar-refractivity contribution in [2.24, 2.45) is 0 Å². The molecule has 3 heterocycles. The molecule has 156 valence electrons. The molecule has 2 fully saturated rings. The molecule has 1 saturated heterocycles. The Morgan fingerprint density at radius 2 is 2.00 bits per heavy atom. The molecule has 29 heavy (non-hydrogen) atoms. The number of urea groups is 1. The number of carbonyl (C=O) groups excluding carboxylic acids is 2. The minimum absolute atomic E-state index is 0.0544. The van der Waals surface area contributed by atoms with Gasteiger partial charge in [-0.3, -0.25) is 9.20 Å². The minimum atomic E-state index is -4.64. The number of alkyl halides is 3. The number of hydrogen-bond acceptors (Lipinski definition) is 3. The quantitative estimate of drug-likeness (QED) is 0.809. The molecule has 2 aromatic rings. The number of pyridine rings is 1. The molecule has 4 rings (SSSR count). The van der Waals surface area contributed by atoms with Gasteiger partial charge in [0, 0.05) is 18.8 Å². The molecular formula is C18H19ClF3N5O2. The van der Waals surface area contributed by atoms with Crippen LogP contribution in [-0.2, 0) is 6.18 Å². The summed E-state index contributed by atoms with van der Waals surface area (Å²) >= 11 is 6.27. The molecule has 0 atom stereocenters.